The molecule has 3 aromatic rings. The zero-order chi connectivity index (χ0) is 25.3. The van der Waals surface area contributed by atoms with Crippen LogP contribution >= 0.6 is 22.9 Å². The lowest BCUT2D eigenvalue weighted by Gasteiger charge is -2.25. The van der Waals surface area contributed by atoms with Gasteiger partial charge in [-0.25, -0.2) is 9.79 Å². The maximum absolute atomic E-state index is 13.6. The topological polar surface area (TPSA) is 90.1 Å². The van der Waals surface area contributed by atoms with Crippen LogP contribution in [0.5, 0.6) is 11.5 Å². The molecule has 4 rings (SSSR count). The number of phenolic OH excluding ortho intramolecular Hbond substituents is 1. The molecular weight excluding hydrogens is 488 g/mol. The van der Waals surface area contributed by atoms with E-state index in [1.807, 2.05) is 38.1 Å². The predicted molar refractivity (Wildman–Crippen MR) is 136 cm³/mol. The molecule has 0 unspecified atom stereocenters. The molecule has 0 fully saturated rings. The number of ether oxygens (including phenoxy) is 2. The molecule has 1 atom stereocenters. The average molecular weight is 513 g/mol. The van der Waals surface area contributed by atoms with Crippen LogP contribution < -0.4 is 19.6 Å². The second kappa shape index (κ2) is 10.1. The number of esters is 1. The first-order valence-electron chi connectivity index (χ1n) is 11.1. The van der Waals surface area contributed by atoms with Gasteiger partial charge in [-0.2, -0.15) is 0 Å². The Morgan fingerprint density at radius 1 is 1.26 bits per heavy atom. The van der Waals surface area contributed by atoms with Gasteiger partial charge in [0.05, 0.1) is 34.6 Å². The first kappa shape index (κ1) is 24.8. The summed E-state index contributed by atoms with van der Waals surface area (Å²) < 4.78 is 12.9. The minimum atomic E-state index is -0.728. The van der Waals surface area contributed by atoms with Crippen molar-refractivity contribution in [1.82, 2.24) is 4.57 Å². The second-order valence-corrected chi connectivity index (χ2v) is 9.69. The van der Waals surface area contributed by atoms with E-state index >= 15 is 0 Å². The van der Waals surface area contributed by atoms with Crippen LogP contribution in [0.25, 0.3) is 6.08 Å². The maximum Gasteiger partial charge on any atom is 0.338 e. The number of halogens is 1. The number of thiazole rings is 1. The number of benzene rings is 2. The van der Waals surface area contributed by atoms with Gasteiger partial charge in [-0.15, -0.1) is 0 Å². The lowest BCUT2D eigenvalue weighted by molar-refractivity contribution is -0.139. The second-order valence-electron chi connectivity index (χ2n) is 8.24. The van der Waals surface area contributed by atoms with E-state index in [-0.39, 0.29) is 24.0 Å². The van der Waals surface area contributed by atoms with E-state index < -0.39 is 12.0 Å². The zero-order valence-corrected chi connectivity index (χ0v) is 21.3. The van der Waals surface area contributed by atoms with Crippen molar-refractivity contribution in [2.45, 2.75) is 39.8 Å². The SMILES string of the molecule is CCOC(=O)C1=C(C)N=c2s/c(=C/c3cc(Cl)ccc3O)c(=O)n2[C@H]1c1ccc(OC(C)C)cc1. The van der Waals surface area contributed by atoms with Crippen molar-refractivity contribution in [1.29, 1.82) is 0 Å². The fraction of sp³-hybridized carbons (Fsp3) is 0.269. The first-order chi connectivity index (χ1) is 16.7. The van der Waals surface area contributed by atoms with E-state index in [1.54, 1.807) is 32.1 Å². The van der Waals surface area contributed by atoms with Crippen molar-refractivity contribution in [2.75, 3.05) is 6.61 Å². The molecule has 1 aromatic heterocycles. The summed E-state index contributed by atoms with van der Waals surface area (Å²) in [5.41, 5.74) is 1.57. The minimum Gasteiger partial charge on any atom is -0.507 e. The fourth-order valence-electron chi connectivity index (χ4n) is 3.89. The molecular formula is C26H25ClN2O5S. The highest BCUT2D eigenvalue weighted by Gasteiger charge is 2.33. The molecule has 35 heavy (non-hydrogen) atoms. The Hall–Kier alpha value is -3.36. The van der Waals surface area contributed by atoms with Gasteiger partial charge in [-0.3, -0.25) is 9.36 Å². The number of rotatable bonds is 6. The summed E-state index contributed by atoms with van der Waals surface area (Å²) in [4.78, 5) is 31.6. The van der Waals surface area contributed by atoms with Gasteiger partial charge in [-0.05, 0) is 69.7 Å². The number of carbonyl (C=O) groups excluding carboxylic acids is 1. The minimum absolute atomic E-state index is 0.000852. The average Bonchev–Trinajstić information content (AvgIpc) is 3.10. The van der Waals surface area contributed by atoms with Crippen LogP contribution in [0.2, 0.25) is 5.02 Å². The number of aromatic hydroxyl groups is 1. The van der Waals surface area contributed by atoms with E-state index in [1.165, 1.54) is 22.0 Å². The molecule has 9 heteroatoms. The third-order valence-corrected chi connectivity index (χ3v) is 6.58. The summed E-state index contributed by atoms with van der Waals surface area (Å²) in [6, 6.07) is 11.2. The monoisotopic (exact) mass is 512 g/mol. The molecule has 2 heterocycles. The fourth-order valence-corrected chi connectivity index (χ4v) is 5.11. The molecule has 0 saturated carbocycles. The molecule has 0 spiro atoms. The Kier molecular flexibility index (Phi) is 7.14. The van der Waals surface area contributed by atoms with Crippen LogP contribution in [-0.2, 0) is 9.53 Å². The Balaban J connectivity index is 1.92. The number of phenols is 1. The molecule has 182 valence electrons. The van der Waals surface area contributed by atoms with Crippen molar-refractivity contribution >= 4 is 35.0 Å². The molecule has 0 saturated heterocycles. The van der Waals surface area contributed by atoms with E-state index in [4.69, 9.17) is 21.1 Å². The largest absolute Gasteiger partial charge is 0.507 e. The van der Waals surface area contributed by atoms with E-state index in [0.717, 1.165) is 5.56 Å². The number of carbonyl (C=O) groups is 1. The highest BCUT2D eigenvalue weighted by molar-refractivity contribution is 7.07. The Morgan fingerprint density at radius 3 is 2.63 bits per heavy atom. The number of aromatic nitrogens is 1. The lowest BCUT2D eigenvalue weighted by Crippen LogP contribution is -2.39. The normalized spacial score (nSPS) is 15.7. The van der Waals surface area contributed by atoms with Crippen LogP contribution in [0.3, 0.4) is 0 Å². The van der Waals surface area contributed by atoms with Crippen LogP contribution in [0.15, 0.2) is 63.5 Å². The van der Waals surface area contributed by atoms with Crippen molar-refractivity contribution in [3.8, 4) is 11.5 Å². The van der Waals surface area contributed by atoms with Gasteiger partial charge >= 0.3 is 5.97 Å². The van der Waals surface area contributed by atoms with Gasteiger partial charge in [0.1, 0.15) is 11.5 Å². The third-order valence-electron chi connectivity index (χ3n) is 5.36. The highest BCUT2D eigenvalue weighted by Crippen LogP contribution is 2.32. The maximum atomic E-state index is 13.6. The van der Waals surface area contributed by atoms with Crippen LogP contribution in [0.1, 0.15) is 44.9 Å². The molecule has 1 aliphatic rings. The molecule has 0 amide bonds. The van der Waals surface area contributed by atoms with Crippen molar-refractivity contribution in [2.24, 2.45) is 4.99 Å². The van der Waals surface area contributed by atoms with Gasteiger partial charge in [0.25, 0.3) is 5.56 Å². The van der Waals surface area contributed by atoms with E-state index in [2.05, 4.69) is 4.99 Å². The summed E-state index contributed by atoms with van der Waals surface area (Å²) in [5.74, 6) is 0.162. The first-order valence-corrected chi connectivity index (χ1v) is 12.3. The van der Waals surface area contributed by atoms with Crippen LogP contribution in [-0.4, -0.2) is 28.4 Å². The Bertz CT molecular complexity index is 1490. The van der Waals surface area contributed by atoms with Gasteiger partial charge in [0.2, 0.25) is 0 Å². The molecule has 2 aromatic carbocycles. The van der Waals surface area contributed by atoms with Gasteiger partial charge in [0, 0.05) is 10.6 Å². The molecule has 0 aliphatic carbocycles. The van der Waals surface area contributed by atoms with Crippen molar-refractivity contribution in [3.05, 3.63) is 89.6 Å². The summed E-state index contributed by atoms with van der Waals surface area (Å²) in [5, 5.41) is 10.7. The van der Waals surface area contributed by atoms with Gasteiger partial charge in [0.15, 0.2) is 4.80 Å². The van der Waals surface area contributed by atoms with Gasteiger partial charge < -0.3 is 14.6 Å². The molecule has 1 aliphatic heterocycles. The number of hydrogen-bond donors (Lipinski definition) is 1. The summed E-state index contributed by atoms with van der Waals surface area (Å²) in [6.45, 7) is 7.54. The quantitative estimate of drug-likeness (QED) is 0.505. The number of hydrogen-bond acceptors (Lipinski definition) is 7. The molecule has 0 radical (unpaired) electrons. The van der Waals surface area contributed by atoms with Crippen LogP contribution in [0, 0.1) is 0 Å². The smallest absolute Gasteiger partial charge is 0.338 e. The van der Waals surface area contributed by atoms with Crippen molar-refractivity contribution < 1.29 is 19.4 Å². The van der Waals surface area contributed by atoms with E-state index in [0.29, 0.717) is 36.9 Å². The molecule has 0 bridgehead atoms. The predicted octanol–water partition coefficient (Wildman–Crippen LogP) is 3.94. The van der Waals surface area contributed by atoms with Gasteiger partial charge in [-0.1, -0.05) is 35.1 Å². The number of nitrogens with zero attached hydrogens (tertiary/aromatic N) is 2. The highest BCUT2D eigenvalue weighted by atomic mass is 35.5. The molecule has 7 nitrogen and oxygen atoms in total. The number of allylic oxidation sites excluding steroid dienone is 1. The summed E-state index contributed by atoms with van der Waals surface area (Å²) in [6.07, 6.45) is 1.59. The molecule has 1 N–H and O–H groups in total. The Morgan fingerprint density at radius 2 is 1.97 bits per heavy atom. The number of fused-ring (bicyclic) bond motifs is 1. The standard InChI is InChI=1S/C26H25ClN2O5S/c1-5-33-25(32)22-15(4)28-26-29(23(22)16-6-9-19(10-7-16)34-14(2)3)24(31)21(35-26)13-17-12-18(27)8-11-20(17)30/h6-14,23,30H,5H2,1-4H3/b21-13+/t23-/m0/s1. The Labute approximate surface area is 211 Å². The van der Waals surface area contributed by atoms with Crippen LogP contribution in [0.4, 0.5) is 0 Å². The zero-order valence-electron chi connectivity index (χ0n) is 19.7. The summed E-state index contributed by atoms with van der Waals surface area (Å²) in [7, 11) is 0. The summed E-state index contributed by atoms with van der Waals surface area (Å²) >= 11 is 7.25. The third kappa shape index (κ3) is 5.04. The van der Waals surface area contributed by atoms with Crippen molar-refractivity contribution in [3.63, 3.8) is 0 Å². The van der Waals surface area contributed by atoms with E-state index in [9.17, 15) is 14.7 Å². The lowest BCUT2D eigenvalue weighted by atomic mass is 9.96.